The molecule has 1 aliphatic heterocycles. The Kier molecular flexibility index (Phi) is 8.66. The van der Waals surface area contributed by atoms with Gasteiger partial charge in [0.25, 0.3) is 0 Å². The summed E-state index contributed by atoms with van der Waals surface area (Å²) in [5.74, 6) is 1.06. The third-order valence-corrected chi connectivity index (χ3v) is 8.33. The predicted molar refractivity (Wildman–Crippen MR) is 177 cm³/mol. The van der Waals surface area contributed by atoms with Crippen molar-refractivity contribution in [2.75, 3.05) is 13.1 Å². The number of pyridine rings is 1. The average molecular weight is 605 g/mol. The van der Waals surface area contributed by atoms with E-state index in [0.29, 0.717) is 38.1 Å². The van der Waals surface area contributed by atoms with Crippen molar-refractivity contribution in [1.82, 2.24) is 9.88 Å². The summed E-state index contributed by atoms with van der Waals surface area (Å²) in [4.78, 5) is 19.1. The molecule has 0 bridgehead atoms. The van der Waals surface area contributed by atoms with E-state index < -0.39 is 5.60 Å². The molecule has 0 atom stereocenters. The second kappa shape index (κ2) is 12.9. The van der Waals surface area contributed by atoms with E-state index in [4.69, 9.17) is 19.2 Å². The largest absolute Gasteiger partial charge is 0.473 e. The van der Waals surface area contributed by atoms with Crippen molar-refractivity contribution in [3.05, 3.63) is 119 Å². The van der Waals surface area contributed by atoms with Gasteiger partial charge in [0.15, 0.2) is 0 Å². The first-order valence-corrected chi connectivity index (χ1v) is 15.7. The summed E-state index contributed by atoms with van der Waals surface area (Å²) in [5.41, 5.74) is 6.08. The van der Waals surface area contributed by atoms with Crippen molar-refractivity contribution in [2.24, 2.45) is 0 Å². The van der Waals surface area contributed by atoms with Crippen LogP contribution in [0.1, 0.15) is 43.9 Å². The van der Waals surface area contributed by atoms with E-state index in [1.165, 1.54) is 15.8 Å². The Hall–Kier alpha value is -4.62. The van der Waals surface area contributed by atoms with Crippen LogP contribution in [0, 0.1) is 0 Å². The van der Waals surface area contributed by atoms with Crippen LogP contribution in [0.2, 0.25) is 0 Å². The number of benzene rings is 3. The van der Waals surface area contributed by atoms with Crippen molar-refractivity contribution in [2.45, 2.75) is 46.0 Å². The summed E-state index contributed by atoms with van der Waals surface area (Å²) < 4.78 is 19.1. The Balaban J connectivity index is 1.24. The first-order chi connectivity index (χ1) is 21.3. The Morgan fingerprint density at radius 1 is 0.864 bits per heavy atom. The van der Waals surface area contributed by atoms with E-state index in [1.807, 2.05) is 93.6 Å². The zero-order valence-electron chi connectivity index (χ0n) is 25.3. The second-order valence-corrected chi connectivity index (χ2v) is 12.7. The standard InChI is InChI=1S/C37H36N2O4S/c1-37(2,3)43-36(40)39-20-18-28(19-21-39)29-14-15-30-32(25-44-33(30)22-29)31-16-17-34(41-23-26-10-6-4-7-11-26)38-35(31)42-24-27-12-8-5-9-13-27/h4-18,22,25H,19-21,23-24H2,1-3H3. The van der Waals surface area contributed by atoms with Gasteiger partial charge in [0, 0.05) is 40.4 Å². The minimum absolute atomic E-state index is 0.262. The van der Waals surface area contributed by atoms with Crippen molar-refractivity contribution < 1.29 is 19.0 Å². The molecule has 0 spiro atoms. The van der Waals surface area contributed by atoms with E-state index >= 15 is 0 Å². The van der Waals surface area contributed by atoms with E-state index in [0.717, 1.165) is 34.1 Å². The SMILES string of the molecule is CC(C)(C)OC(=O)N1CC=C(c2ccc3c(-c4ccc(OCc5ccccc5)nc4OCc4ccccc4)csc3c2)CC1. The van der Waals surface area contributed by atoms with Crippen molar-refractivity contribution in [1.29, 1.82) is 0 Å². The number of carbonyl (C=O) groups excluding carboxylic acids is 1. The summed E-state index contributed by atoms with van der Waals surface area (Å²) in [7, 11) is 0. The van der Waals surface area contributed by atoms with Crippen LogP contribution in [0.25, 0.3) is 26.8 Å². The van der Waals surface area contributed by atoms with E-state index in [1.54, 1.807) is 16.2 Å². The number of ether oxygens (including phenoxy) is 3. The van der Waals surface area contributed by atoms with E-state index in [-0.39, 0.29) is 6.09 Å². The fourth-order valence-electron chi connectivity index (χ4n) is 5.14. The summed E-state index contributed by atoms with van der Waals surface area (Å²) in [6.45, 7) is 7.70. The van der Waals surface area contributed by atoms with Crippen molar-refractivity contribution in [3.63, 3.8) is 0 Å². The lowest BCUT2D eigenvalue weighted by Gasteiger charge is -2.29. The first kappa shape index (κ1) is 29.5. The molecule has 5 aromatic rings. The number of hydrogen-bond acceptors (Lipinski definition) is 6. The Bertz CT molecular complexity index is 1770. The second-order valence-electron chi connectivity index (χ2n) is 11.8. The molecule has 44 heavy (non-hydrogen) atoms. The summed E-state index contributed by atoms with van der Waals surface area (Å²) in [5, 5.41) is 3.32. The normalized spacial score (nSPS) is 13.4. The number of aromatic nitrogens is 1. The molecule has 1 amide bonds. The van der Waals surface area contributed by atoms with Crippen LogP contribution in [-0.4, -0.2) is 34.7 Å². The molecule has 0 aliphatic carbocycles. The fraction of sp³-hybridized carbons (Fsp3) is 0.243. The van der Waals surface area contributed by atoms with Gasteiger partial charge in [-0.1, -0.05) is 78.9 Å². The molecule has 2 aromatic heterocycles. The number of rotatable bonds is 8. The smallest absolute Gasteiger partial charge is 0.410 e. The van der Waals surface area contributed by atoms with Gasteiger partial charge in [0.2, 0.25) is 11.8 Å². The first-order valence-electron chi connectivity index (χ1n) is 14.9. The molecule has 1 aliphatic rings. The highest BCUT2D eigenvalue weighted by Gasteiger charge is 2.24. The zero-order valence-corrected chi connectivity index (χ0v) is 26.1. The van der Waals surface area contributed by atoms with Gasteiger partial charge in [0.05, 0.1) is 0 Å². The van der Waals surface area contributed by atoms with Gasteiger partial charge in [-0.2, -0.15) is 4.98 Å². The topological polar surface area (TPSA) is 60.9 Å². The number of amides is 1. The molecule has 0 saturated heterocycles. The Labute approximate surface area is 262 Å². The molecule has 3 aromatic carbocycles. The molecule has 0 radical (unpaired) electrons. The van der Waals surface area contributed by atoms with Crippen LogP contribution >= 0.6 is 11.3 Å². The molecule has 0 fully saturated rings. The van der Waals surface area contributed by atoms with Crippen molar-refractivity contribution >= 4 is 33.1 Å². The maximum absolute atomic E-state index is 12.5. The number of fused-ring (bicyclic) bond motifs is 1. The Morgan fingerprint density at radius 2 is 1.57 bits per heavy atom. The molecule has 7 heteroatoms. The summed E-state index contributed by atoms with van der Waals surface area (Å²) >= 11 is 1.71. The molecule has 0 unspecified atom stereocenters. The molecule has 0 saturated carbocycles. The minimum Gasteiger partial charge on any atom is -0.473 e. The monoisotopic (exact) mass is 604 g/mol. The van der Waals surface area contributed by atoms with Gasteiger partial charge in [-0.3, -0.25) is 0 Å². The lowest BCUT2D eigenvalue weighted by molar-refractivity contribution is 0.0270. The fourth-order valence-corrected chi connectivity index (χ4v) is 6.14. The third-order valence-electron chi connectivity index (χ3n) is 7.38. The maximum Gasteiger partial charge on any atom is 0.410 e. The quantitative estimate of drug-likeness (QED) is 0.177. The maximum atomic E-state index is 12.5. The Morgan fingerprint density at radius 3 is 2.23 bits per heavy atom. The zero-order chi connectivity index (χ0) is 30.5. The molecule has 6 nitrogen and oxygen atoms in total. The molecule has 224 valence electrons. The predicted octanol–water partition coefficient (Wildman–Crippen LogP) is 9.15. The van der Waals surface area contributed by atoms with E-state index in [2.05, 4.69) is 29.7 Å². The molecular weight excluding hydrogens is 568 g/mol. The van der Waals surface area contributed by atoms with Gasteiger partial charge in [-0.05, 0) is 67.0 Å². The highest BCUT2D eigenvalue weighted by atomic mass is 32.1. The lowest BCUT2D eigenvalue weighted by Crippen LogP contribution is -2.39. The lowest BCUT2D eigenvalue weighted by atomic mass is 9.97. The number of carbonyl (C=O) groups is 1. The molecule has 6 rings (SSSR count). The van der Waals surface area contributed by atoms with Crippen LogP contribution in [-0.2, 0) is 18.0 Å². The molecular formula is C37H36N2O4S. The number of hydrogen-bond donors (Lipinski definition) is 0. The van der Waals surface area contributed by atoms with Gasteiger partial charge >= 0.3 is 6.09 Å². The van der Waals surface area contributed by atoms with Gasteiger partial charge in [0.1, 0.15) is 18.8 Å². The highest BCUT2D eigenvalue weighted by Crippen LogP contribution is 2.40. The van der Waals surface area contributed by atoms with Gasteiger partial charge < -0.3 is 19.1 Å². The van der Waals surface area contributed by atoms with Crippen LogP contribution < -0.4 is 9.47 Å². The average Bonchev–Trinajstić information content (AvgIpc) is 3.46. The van der Waals surface area contributed by atoms with Crippen LogP contribution in [0.3, 0.4) is 0 Å². The molecule has 3 heterocycles. The van der Waals surface area contributed by atoms with E-state index in [9.17, 15) is 4.79 Å². The number of nitrogens with zero attached hydrogens (tertiary/aromatic N) is 2. The summed E-state index contributed by atoms with van der Waals surface area (Å²) in [6.07, 6.45) is 2.66. The van der Waals surface area contributed by atoms with Crippen LogP contribution in [0.15, 0.2) is 102 Å². The number of thiophene rings is 1. The summed E-state index contributed by atoms with van der Waals surface area (Å²) in [6, 6.07) is 30.7. The minimum atomic E-state index is -0.500. The van der Waals surface area contributed by atoms with Gasteiger partial charge in [-0.25, -0.2) is 4.79 Å². The highest BCUT2D eigenvalue weighted by molar-refractivity contribution is 7.17. The van der Waals surface area contributed by atoms with Crippen LogP contribution in [0.5, 0.6) is 11.8 Å². The van der Waals surface area contributed by atoms with Crippen LogP contribution in [0.4, 0.5) is 4.79 Å². The third kappa shape index (κ3) is 7.12. The molecule has 0 N–H and O–H groups in total. The van der Waals surface area contributed by atoms with Crippen molar-refractivity contribution in [3.8, 4) is 22.9 Å². The van der Waals surface area contributed by atoms with Gasteiger partial charge in [-0.15, -0.1) is 11.3 Å².